The number of hydrogen-bond donors (Lipinski definition) is 2. The molecule has 0 aliphatic rings. The van der Waals surface area contributed by atoms with Gasteiger partial charge in [-0.05, 0) is 37.3 Å². The molecule has 8 nitrogen and oxygen atoms in total. The Kier molecular flexibility index (Phi) is 6.81. The first kappa shape index (κ1) is 21.5. The average Bonchev–Trinajstić information content (AvgIpc) is 2.67. The fourth-order valence-electron chi connectivity index (χ4n) is 2.36. The zero-order valence-corrected chi connectivity index (χ0v) is 16.6. The highest BCUT2D eigenvalue weighted by molar-refractivity contribution is 7.89. The summed E-state index contributed by atoms with van der Waals surface area (Å²) in [5.41, 5.74) is 0.307. The first-order valence-corrected chi connectivity index (χ1v) is 9.59. The maximum absolute atomic E-state index is 13.5. The van der Waals surface area contributed by atoms with Crippen molar-refractivity contribution in [2.75, 3.05) is 26.6 Å². The lowest BCUT2D eigenvalue weighted by atomic mass is 10.2. The molecule has 0 spiro atoms. The minimum Gasteiger partial charge on any atom is -0.497 e. The van der Waals surface area contributed by atoms with Crippen LogP contribution >= 0.6 is 0 Å². The van der Waals surface area contributed by atoms with Crippen molar-refractivity contribution in [2.24, 2.45) is 0 Å². The molecular formula is C18H21FN2O6S. The first-order valence-electron chi connectivity index (χ1n) is 8.10. The van der Waals surface area contributed by atoms with Crippen molar-refractivity contribution < 1.29 is 31.8 Å². The summed E-state index contributed by atoms with van der Waals surface area (Å²) in [7, 11) is -0.0618. The number of carbonyl (C=O) groups excluding carboxylic acids is 1. The number of carbonyl (C=O) groups is 1. The van der Waals surface area contributed by atoms with E-state index in [-0.39, 0.29) is 5.75 Å². The van der Waals surface area contributed by atoms with Crippen LogP contribution in [0.4, 0.5) is 10.1 Å². The number of hydrogen-bond acceptors (Lipinski definition) is 6. The van der Waals surface area contributed by atoms with Crippen LogP contribution in [0.5, 0.6) is 17.2 Å². The van der Waals surface area contributed by atoms with Crippen LogP contribution in [0.2, 0.25) is 0 Å². The number of methoxy groups -OCH3 is 3. The van der Waals surface area contributed by atoms with Gasteiger partial charge in [0.15, 0.2) is 0 Å². The predicted octanol–water partition coefficient (Wildman–Crippen LogP) is 2.16. The maximum Gasteiger partial charge on any atom is 0.245 e. The van der Waals surface area contributed by atoms with E-state index in [0.717, 1.165) is 12.1 Å². The van der Waals surface area contributed by atoms with Gasteiger partial charge in [0.05, 0.1) is 33.1 Å². The van der Waals surface area contributed by atoms with Crippen LogP contribution in [0, 0.1) is 5.82 Å². The van der Waals surface area contributed by atoms with Gasteiger partial charge in [-0.15, -0.1) is 0 Å². The monoisotopic (exact) mass is 412 g/mol. The van der Waals surface area contributed by atoms with Crippen molar-refractivity contribution in [1.82, 2.24) is 4.72 Å². The molecule has 0 bridgehead atoms. The van der Waals surface area contributed by atoms with Gasteiger partial charge < -0.3 is 19.5 Å². The summed E-state index contributed by atoms with van der Waals surface area (Å²) in [5, 5.41) is 2.57. The lowest BCUT2D eigenvalue weighted by molar-refractivity contribution is -0.117. The van der Waals surface area contributed by atoms with Crippen LogP contribution in [-0.2, 0) is 14.8 Å². The van der Waals surface area contributed by atoms with E-state index in [2.05, 4.69) is 10.0 Å². The molecule has 0 fully saturated rings. The summed E-state index contributed by atoms with van der Waals surface area (Å²) in [6.45, 7) is 1.35. The summed E-state index contributed by atoms with van der Waals surface area (Å²) in [5.74, 6) is -0.592. The second-order valence-corrected chi connectivity index (χ2v) is 7.38. The third-order valence-electron chi connectivity index (χ3n) is 3.80. The van der Waals surface area contributed by atoms with E-state index in [0.29, 0.717) is 17.2 Å². The number of rotatable bonds is 8. The highest BCUT2D eigenvalue weighted by Crippen LogP contribution is 2.29. The molecule has 0 saturated carbocycles. The predicted molar refractivity (Wildman–Crippen MR) is 101 cm³/mol. The van der Waals surface area contributed by atoms with E-state index in [9.17, 15) is 17.6 Å². The Morgan fingerprint density at radius 2 is 1.64 bits per heavy atom. The number of amides is 1. The topological polar surface area (TPSA) is 103 Å². The lowest BCUT2D eigenvalue weighted by Crippen LogP contribution is -2.41. The Labute approximate surface area is 162 Å². The SMILES string of the molecule is COc1ccc(OC)c(NC(=O)C(C)NS(=O)(=O)c2cc(F)ccc2OC)c1. The van der Waals surface area contributed by atoms with Crippen LogP contribution in [0.3, 0.4) is 0 Å². The third-order valence-corrected chi connectivity index (χ3v) is 5.37. The largest absolute Gasteiger partial charge is 0.497 e. The molecule has 0 aliphatic carbocycles. The van der Waals surface area contributed by atoms with E-state index in [1.165, 1.54) is 40.4 Å². The van der Waals surface area contributed by atoms with Gasteiger partial charge in [-0.1, -0.05) is 0 Å². The first-order chi connectivity index (χ1) is 13.2. The highest BCUT2D eigenvalue weighted by Gasteiger charge is 2.26. The molecule has 0 aromatic heterocycles. The van der Waals surface area contributed by atoms with E-state index in [4.69, 9.17) is 14.2 Å². The molecule has 2 N–H and O–H groups in total. The Morgan fingerprint density at radius 1 is 1.00 bits per heavy atom. The van der Waals surface area contributed by atoms with Crippen molar-refractivity contribution in [1.29, 1.82) is 0 Å². The van der Waals surface area contributed by atoms with Crippen molar-refractivity contribution in [3.05, 3.63) is 42.2 Å². The smallest absolute Gasteiger partial charge is 0.245 e. The third kappa shape index (κ3) is 4.90. The Morgan fingerprint density at radius 3 is 2.25 bits per heavy atom. The van der Waals surface area contributed by atoms with Gasteiger partial charge >= 0.3 is 0 Å². The molecule has 10 heteroatoms. The minimum atomic E-state index is -4.22. The molecule has 1 unspecified atom stereocenters. The van der Waals surface area contributed by atoms with Crippen molar-refractivity contribution in [3.63, 3.8) is 0 Å². The molecule has 0 aliphatic heterocycles. The molecule has 0 saturated heterocycles. The summed E-state index contributed by atoms with van der Waals surface area (Å²) in [6.07, 6.45) is 0. The van der Waals surface area contributed by atoms with Crippen LogP contribution in [0.25, 0.3) is 0 Å². The molecule has 1 amide bonds. The van der Waals surface area contributed by atoms with Gasteiger partial charge in [0, 0.05) is 6.07 Å². The molecule has 28 heavy (non-hydrogen) atoms. The molecule has 2 aromatic rings. The van der Waals surface area contributed by atoms with Gasteiger partial charge in [-0.25, -0.2) is 12.8 Å². The maximum atomic E-state index is 13.5. The van der Waals surface area contributed by atoms with E-state index in [1.54, 1.807) is 12.1 Å². The molecule has 0 heterocycles. The van der Waals surface area contributed by atoms with Crippen molar-refractivity contribution in [3.8, 4) is 17.2 Å². The summed E-state index contributed by atoms with van der Waals surface area (Å²) in [4.78, 5) is 12.1. The van der Waals surface area contributed by atoms with Crippen molar-refractivity contribution in [2.45, 2.75) is 17.9 Å². The lowest BCUT2D eigenvalue weighted by Gasteiger charge is -2.17. The summed E-state index contributed by atoms with van der Waals surface area (Å²) in [6, 6.07) is 6.69. The number of halogens is 1. The number of nitrogens with one attached hydrogen (secondary N) is 2. The normalized spacial score (nSPS) is 12.2. The summed E-state index contributed by atoms with van der Waals surface area (Å²) >= 11 is 0. The quantitative estimate of drug-likeness (QED) is 0.689. The van der Waals surface area contributed by atoms with Crippen LogP contribution < -0.4 is 24.2 Å². The average molecular weight is 412 g/mol. The zero-order chi connectivity index (χ0) is 20.9. The Balaban J connectivity index is 2.22. The van der Waals surface area contributed by atoms with Gasteiger partial charge in [0.2, 0.25) is 15.9 Å². The van der Waals surface area contributed by atoms with E-state index in [1.807, 2.05) is 0 Å². The van der Waals surface area contributed by atoms with Gasteiger partial charge in [-0.3, -0.25) is 4.79 Å². The molecule has 2 rings (SSSR count). The highest BCUT2D eigenvalue weighted by atomic mass is 32.2. The van der Waals surface area contributed by atoms with Crippen LogP contribution in [-0.4, -0.2) is 41.7 Å². The van der Waals surface area contributed by atoms with Crippen LogP contribution in [0.1, 0.15) is 6.92 Å². The number of sulfonamides is 1. The second kappa shape index (κ2) is 8.89. The molecule has 0 radical (unpaired) electrons. The summed E-state index contributed by atoms with van der Waals surface area (Å²) < 4.78 is 56.1. The van der Waals surface area contributed by atoms with Crippen LogP contribution in [0.15, 0.2) is 41.3 Å². The number of ether oxygens (including phenoxy) is 3. The Bertz CT molecular complexity index is 965. The van der Waals surface area contributed by atoms with Gasteiger partial charge in [0.25, 0.3) is 0 Å². The van der Waals surface area contributed by atoms with Gasteiger partial charge in [0.1, 0.15) is 28.0 Å². The van der Waals surface area contributed by atoms with Crippen molar-refractivity contribution >= 4 is 21.6 Å². The molecule has 2 aromatic carbocycles. The standard InChI is InChI=1S/C18H21FN2O6S/c1-11(18(22)20-14-10-13(25-2)6-8-15(14)26-3)21-28(23,24)17-9-12(19)5-7-16(17)27-4/h5-11,21H,1-4H3,(H,20,22). The second-order valence-electron chi connectivity index (χ2n) is 5.69. The van der Waals surface area contributed by atoms with Gasteiger partial charge in [-0.2, -0.15) is 4.72 Å². The number of benzene rings is 2. The molecule has 1 atom stereocenters. The molecule has 152 valence electrons. The fourth-order valence-corrected chi connectivity index (χ4v) is 3.75. The minimum absolute atomic E-state index is 0.0454. The van der Waals surface area contributed by atoms with E-state index >= 15 is 0 Å². The number of anilines is 1. The molecular weight excluding hydrogens is 391 g/mol. The Hall–Kier alpha value is -2.85. The van der Waals surface area contributed by atoms with E-state index < -0.39 is 32.7 Å². The zero-order valence-electron chi connectivity index (χ0n) is 15.8. The fraction of sp³-hybridized carbons (Fsp3) is 0.278.